The number of pyridine rings is 1. The van der Waals surface area contributed by atoms with Gasteiger partial charge in [0.1, 0.15) is 4.83 Å². The second-order valence-electron chi connectivity index (χ2n) is 6.14. The molecule has 0 bridgehead atoms. The van der Waals surface area contributed by atoms with E-state index in [1.54, 1.807) is 22.7 Å². The number of rotatable bonds is 3. The van der Waals surface area contributed by atoms with Gasteiger partial charge in [-0.05, 0) is 42.8 Å². The summed E-state index contributed by atoms with van der Waals surface area (Å²) < 4.78 is 1.21. The van der Waals surface area contributed by atoms with Crippen molar-refractivity contribution in [1.82, 2.24) is 15.3 Å². The van der Waals surface area contributed by atoms with Crippen molar-refractivity contribution >= 4 is 60.1 Å². The van der Waals surface area contributed by atoms with Crippen LogP contribution in [0.15, 0.2) is 48.1 Å². The van der Waals surface area contributed by atoms with Crippen LogP contribution in [0.2, 0.25) is 0 Å². The quantitative estimate of drug-likeness (QED) is 0.536. The number of hydrogen-bond donors (Lipinski definition) is 2. The summed E-state index contributed by atoms with van der Waals surface area (Å²) in [6.07, 6.45) is 4.15. The molecule has 4 heterocycles. The average molecular weight is 364 g/mol. The largest absolute Gasteiger partial charge is 0.355 e. The van der Waals surface area contributed by atoms with Crippen LogP contribution in [0.1, 0.15) is 11.8 Å². The molecule has 0 aliphatic carbocycles. The van der Waals surface area contributed by atoms with Gasteiger partial charge in [-0.25, -0.2) is 9.97 Å². The minimum atomic E-state index is 0.400. The molecule has 0 fully saturated rings. The third-order valence-corrected chi connectivity index (χ3v) is 6.44. The topological polar surface area (TPSA) is 49.8 Å². The van der Waals surface area contributed by atoms with Gasteiger partial charge < -0.3 is 10.6 Å². The Labute approximate surface area is 153 Å². The molecule has 0 spiro atoms. The first-order valence-corrected chi connectivity index (χ1v) is 9.90. The highest BCUT2D eigenvalue weighted by Gasteiger charge is 2.18. The Kier molecular flexibility index (Phi) is 3.55. The van der Waals surface area contributed by atoms with Crippen molar-refractivity contribution < 1.29 is 0 Å². The number of anilines is 2. The Bertz CT molecular complexity index is 1110. The SMILES string of the molecule is C[C@@H]1NCC=C1c1cc2c(Nc3ccc4scnc4c3)ccnc2s1. The summed E-state index contributed by atoms with van der Waals surface area (Å²) >= 11 is 3.42. The maximum atomic E-state index is 4.56. The summed E-state index contributed by atoms with van der Waals surface area (Å²) in [5.41, 5.74) is 6.42. The van der Waals surface area contributed by atoms with Crippen LogP contribution in [0.3, 0.4) is 0 Å². The summed E-state index contributed by atoms with van der Waals surface area (Å²) in [4.78, 5) is 11.3. The summed E-state index contributed by atoms with van der Waals surface area (Å²) in [5.74, 6) is 0. The highest BCUT2D eigenvalue weighted by Crippen LogP contribution is 2.36. The molecular formula is C19H16N4S2. The van der Waals surface area contributed by atoms with Gasteiger partial charge in [-0.1, -0.05) is 6.08 Å². The molecule has 0 radical (unpaired) electrons. The van der Waals surface area contributed by atoms with E-state index in [0.717, 1.165) is 28.3 Å². The number of nitrogens with zero attached hydrogens (tertiary/aromatic N) is 2. The highest BCUT2D eigenvalue weighted by molar-refractivity contribution is 7.19. The summed E-state index contributed by atoms with van der Waals surface area (Å²) in [7, 11) is 0. The standard InChI is InChI=1S/C19H16N4S2/c1-11-13(4-6-20-11)18-9-14-15(5-7-21-19(14)25-18)23-12-2-3-17-16(8-12)22-10-24-17/h2-5,7-11,20H,6H2,1H3,(H,21,23)/t11-/m0/s1. The van der Waals surface area contributed by atoms with Gasteiger partial charge in [0.25, 0.3) is 0 Å². The Balaban J connectivity index is 1.55. The lowest BCUT2D eigenvalue weighted by molar-refractivity contribution is 0.737. The minimum Gasteiger partial charge on any atom is -0.355 e. The summed E-state index contributed by atoms with van der Waals surface area (Å²) in [5, 5.41) is 8.16. The van der Waals surface area contributed by atoms with Crippen LogP contribution in [-0.4, -0.2) is 22.6 Å². The van der Waals surface area contributed by atoms with Gasteiger partial charge in [0.05, 0.1) is 21.4 Å². The minimum absolute atomic E-state index is 0.400. The van der Waals surface area contributed by atoms with Crippen molar-refractivity contribution in [1.29, 1.82) is 0 Å². The van der Waals surface area contributed by atoms with Gasteiger partial charge in [0.15, 0.2) is 0 Å². The Hall–Kier alpha value is -2.28. The molecular weight excluding hydrogens is 348 g/mol. The van der Waals surface area contributed by atoms with Gasteiger partial charge in [0.2, 0.25) is 0 Å². The lowest BCUT2D eigenvalue weighted by Gasteiger charge is -2.07. The van der Waals surface area contributed by atoms with Crippen LogP contribution in [0.4, 0.5) is 11.4 Å². The molecule has 0 saturated carbocycles. The van der Waals surface area contributed by atoms with E-state index in [-0.39, 0.29) is 0 Å². The molecule has 4 nitrogen and oxygen atoms in total. The fraction of sp³-hybridized carbons (Fsp3) is 0.158. The van der Waals surface area contributed by atoms with Crippen molar-refractivity contribution in [2.45, 2.75) is 13.0 Å². The molecule has 25 heavy (non-hydrogen) atoms. The molecule has 2 N–H and O–H groups in total. The molecule has 1 aliphatic rings. The molecule has 1 aliphatic heterocycles. The van der Waals surface area contributed by atoms with Crippen LogP contribution < -0.4 is 10.6 Å². The predicted molar refractivity (Wildman–Crippen MR) is 108 cm³/mol. The number of hydrogen-bond acceptors (Lipinski definition) is 6. The van der Waals surface area contributed by atoms with E-state index in [1.165, 1.54) is 20.5 Å². The first-order chi connectivity index (χ1) is 12.3. The van der Waals surface area contributed by atoms with Crippen LogP contribution >= 0.6 is 22.7 Å². The first-order valence-electron chi connectivity index (χ1n) is 8.20. The summed E-state index contributed by atoms with van der Waals surface area (Å²) in [6, 6.07) is 11.0. The number of aromatic nitrogens is 2. The number of thiazole rings is 1. The third-order valence-electron chi connectivity index (χ3n) is 4.54. The number of nitrogens with one attached hydrogen (secondary N) is 2. The van der Waals surface area contributed by atoms with Crippen molar-refractivity contribution in [3.8, 4) is 0 Å². The van der Waals surface area contributed by atoms with Crippen LogP contribution in [0.5, 0.6) is 0 Å². The van der Waals surface area contributed by atoms with Gasteiger partial charge >= 0.3 is 0 Å². The van der Waals surface area contributed by atoms with E-state index < -0.39 is 0 Å². The molecule has 0 amide bonds. The van der Waals surface area contributed by atoms with Crippen LogP contribution in [0, 0.1) is 0 Å². The molecule has 3 aromatic heterocycles. The lowest BCUT2D eigenvalue weighted by Crippen LogP contribution is -2.19. The van der Waals surface area contributed by atoms with Gasteiger partial charge in [-0.3, -0.25) is 0 Å². The monoisotopic (exact) mass is 364 g/mol. The smallest absolute Gasteiger partial charge is 0.125 e. The predicted octanol–water partition coefficient (Wildman–Crippen LogP) is 5.02. The Morgan fingerprint density at radius 3 is 3.04 bits per heavy atom. The van der Waals surface area contributed by atoms with Gasteiger partial charge in [-0.2, -0.15) is 0 Å². The zero-order chi connectivity index (χ0) is 16.8. The zero-order valence-corrected chi connectivity index (χ0v) is 15.2. The average Bonchev–Trinajstić information content (AvgIpc) is 3.32. The molecule has 6 heteroatoms. The molecule has 5 rings (SSSR count). The normalized spacial score (nSPS) is 17.3. The van der Waals surface area contributed by atoms with E-state index >= 15 is 0 Å². The van der Waals surface area contributed by atoms with Crippen molar-refractivity contribution in [2.24, 2.45) is 0 Å². The second kappa shape index (κ2) is 5.91. The van der Waals surface area contributed by atoms with E-state index in [4.69, 9.17) is 0 Å². The Morgan fingerprint density at radius 1 is 1.20 bits per heavy atom. The van der Waals surface area contributed by atoms with E-state index in [0.29, 0.717) is 6.04 Å². The van der Waals surface area contributed by atoms with Crippen molar-refractivity contribution in [2.75, 3.05) is 11.9 Å². The second-order valence-corrected chi connectivity index (χ2v) is 8.05. The fourth-order valence-corrected chi connectivity index (χ4v) is 5.04. The third kappa shape index (κ3) is 2.63. The van der Waals surface area contributed by atoms with E-state index in [9.17, 15) is 0 Å². The number of thiophene rings is 1. The van der Waals surface area contributed by atoms with Crippen LogP contribution in [0.25, 0.3) is 26.0 Å². The highest BCUT2D eigenvalue weighted by atomic mass is 32.1. The molecule has 0 unspecified atom stereocenters. The van der Waals surface area contributed by atoms with Crippen molar-refractivity contribution in [3.63, 3.8) is 0 Å². The molecule has 1 atom stereocenters. The van der Waals surface area contributed by atoms with Gasteiger partial charge in [0, 0.05) is 34.7 Å². The lowest BCUT2D eigenvalue weighted by atomic mass is 10.1. The molecule has 4 aromatic rings. The van der Waals surface area contributed by atoms with Crippen molar-refractivity contribution in [3.05, 3.63) is 53.0 Å². The Morgan fingerprint density at radius 2 is 2.16 bits per heavy atom. The zero-order valence-electron chi connectivity index (χ0n) is 13.6. The van der Waals surface area contributed by atoms with Crippen LogP contribution in [-0.2, 0) is 0 Å². The van der Waals surface area contributed by atoms with Gasteiger partial charge in [-0.15, -0.1) is 22.7 Å². The maximum absolute atomic E-state index is 4.56. The molecule has 1 aromatic carbocycles. The fourth-order valence-electron chi connectivity index (χ4n) is 3.23. The first kappa shape index (κ1) is 15.0. The maximum Gasteiger partial charge on any atom is 0.125 e. The summed E-state index contributed by atoms with van der Waals surface area (Å²) in [6.45, 7) is 3.15. The molecule has 124 valence electrons. The number of benzene rings is 1. The van der Waals surface area contributed by atoms with E-state index in [1.807, 2.05) is 17.8 Å². The molecule has 0 saturated heterocycles. The van der Waals surface area contributed by atoms with E-state index in [2.05, 4.69) is 57.9 Å². The number of fused-ring (bicyclic) bond motifs is 2.